The molecule has 27 heavy (non-hydrogen) atoms. The van der Waals surface area contributed by atoms with Crippen molar-refractivity contribution in [3.05, 3.63) is 48.3 Å². The molecule has 2 aliphatic heterocycles. The van der Waals surface area contributed by atoms with Gasteiger partial charge in [-0.2, -0.15) is 0 Å². The molecule has 3 heterocycles. The van der Waals surface area contributed by atoms with Crippen LogP contribution >= 0.6 is 0 Å². The highest BCUT2D eigenvalue weighted by atomic mass is 16.5. The predicted molar refractivity (Wildman–Crippen MR) is 108 cm³/mol. The van der Waals surface area contributed by atoms with Gasteiger partial charge in [-0.05, 0) is 24.8 Å². The Hall–Kier alpha value is -2.18. The van der Waals surface area contributed by atoms with Gasteiger partial charge >= 0.3 is 0 Å². The summed E-state index contributed by atoms with van der Waals surface area (Å²) < 4.78 is 6.06. The van der Waals surface area contributed by atoms with Gasteiger partial charge in [0.15, 0.2) is 0 Å². The summed E-state index contributed by atoms with van der Waals surface area (Å²) in [6, 6.07) is 12.7. The van der Waals surface area contributed by atoms with Crippen LogP contribution in [0.1, 0.15) is 24.8 Å². The summed E-state index contributed by atoms with van der Waals surface area (Å²) >= 11 is 0. The molecule has 0 spiro atoms. The fraction of sp³-hybridized carbons (Fsp3) is 0.524. The molecule has 2 fully saturated rings. The largest absolute Gasteiger partial charge is 0.375 e. The number of aromatic nitrogens is 2. The highest BCUT2D eigenvalue weighted by molar-refractivity contribution is 5.48. The van der Waals surface area contributed by atoms with Crippen LogP contribution in [0.15, 0.2) is 42.7 Å². The van der Waals surface area contributed by atoms with Crippen LogP contribution in [0.3, 0.4) is 0 Å². The second-order valence-electron chi connectivity index (χ2n) is 7.40. The molecular formula is C21H29N5O. The Morgan fingerprint density at radius 2 is 1.89 bits per heavy atom. The second kappa shape index (κ2) is 9.15. The Morgan fingerprint density at radius 1 is 1.04 bits per heavy atom. The lowest BCUT2D eigenvalue weighted by Gasteiger charge is -2.24. The Kier molecular flexibility index (Phi) is 6.17. The van der Waals surface area contributed by atoms with Crippen LogP contribution in [0, 0.1) is 0 Å². The van der Waals surface area contributed by atoms with Gasteiger partial charge in [0.2, 0.25) is 0 Å². The molecule has 0 aliphatic carbocycles. The number of nitrogens with one attached hydrogen (secondary N) is 1. The van der Waals surface area contributed by atoms with E-state index in [0.717, 1.165) is 63.9 Å². The lowest BCUT2D eigenvalue weighted by atomic mass is 10.2. The van der Waals surface area contributed by atoms with Crippen LogP contribution in [0.25, 0.3) is 0 Å². The maximum absolute atomic E-state index is 6.06. The Bertz CT molecular complexity index is 705. The summed E-state index contributed by atoms with van der Waals surface area (Å²) in [5.74, 6) is 1.91. The van der Waals surface area contributed by atoms with Crippen molar-refractivity contribution in [3.63, 3.8) is 0 Å². The molecule has 1 unspecified atom stereocenters. The van der Waals surface area contributed by atoms with Crippen LogP contribution in [0.2, 0.25) is 0 Å². The second-order valence-corrected chi connectivity index (χ2v) is 7.40. The molecule has 0 radical (unpaired) electrons. The zero-order valence-electron chi connectivity index (χ0n) is 15.9. The molecule has 2 saturated heterocycles. The number of nitrogens with zero attached hydrogens (tertiary/aromatic N) is 4. The molecule has 6 nitrogen and oxygen atoms in total. The van der Waals surface area contributed by atoms with E-state index in [-0.39, 0.29) is 6.10 Å². The molecule has 1 atom stereocenters. The first-order valence-electron chi connectivity index (χ1n) is 10.1. The zero-order valence-corrected chi connectivity index (χ0v) is 15.9. The number of hydrogen-bond acceptors (Lipinski definition) is 6. The summed E-state index contributed by atoms with van der Waals surface area (Å²) in [4.78, 5) is 13.6. The number of hydrogen-bond donors (Lipinski definition) is 1. The molecule has 1 aromatic carbocycles. The topological polar surface area (TPSA) is 53.5 Å². The van der Waals surface area contributed by atoms with Crippen molar-refractivity contribution in [2.45, 2.75) is 31.9 Å². The quantitative estimate of drug-likeness (QED) is 0.847. The van der Waals surface area contributed by atoms with Crippen molar-refractivity contribution in [3.8, 4) is 0 Å². The SMILES string of the molecule is c1ccc(CN2CCCOC(CNc3cc(N4CCCC4)ncn3)C2)cc1. The lowest BCUT2D eigenvalue weighted by molar-refractivity contribution is 0.0624. The van der Waals surface area contributed by atoms with E-state index < -0.39 is 0 Å². The van der Waals surface area contributed by atoms with Gasteiger partial charge in [0.25, 0.3) is 0 Å². The standard InChI is InChI=1S/C21H29N5O/c1-2-7-18(8-3-1)15-25-9-6-12-27-19(16-25)14-22-20-13-21(24-17-23-20)26-10-4-5-11-26/h1-3,7-8,13,17,19H,4-6,9-12,14-16H2,(H,22,23,24). The van der Waals surface area contributed by atoms with Gasteiger partial charge in [0, 0.05) is 51.9 Å². The van der Waals surface area contributed by atoms with E-state index in [4.69, 9.17) is 4.74 Å². The van der Waals surface area contributed by atoms with Crippen LogP contribution in [0.5, 0.6) is 0 Å². The van der Waals surface area contributed by atoms with E-state index in [1.165, 1.54) is 18.4 Å². The molecule has 4 rings (SSSR count). The van der Waals surface area contributed by atoms with Crippen molar-refractivity contribution in [2.75, 3.05) is 49.5 Å². The first-order chi connectivity index (χ1) is 13.4. The monoisotopic (exact) mass is 367 g/mol. The summed E-state index contributed by atoms with van der Waals surface area (Å²) in [7, 11) is 0. The average Bonchev–Trinajstić information content (AvgIpc) is 3.16. The minimum Gasteiger partial charge on any atom is -0.375 e. The van der Waals surface area contributed by atoms with Crippen LogP contribution in [-0.4, -0.2) is 60.3 Å². The maximum Gasteiger partial charge on any atom is 0.134 e. The van der Waals surface area contributed by atoms with E-state index in [2.05, 4.69) is 61.5 Å². The summed E-state index contributed by atoms with van der Waals surface area (Å²) in [6.45, 7) is 6.77. The van der Waals surface area contributed by atoms with Crippen LogP contribution in [-0.2, 0) is 11.3 Å². The number of ether oxygens (including phenoxy) is 1. The van der Waals surface area contributed by atoms with Gasteiger partial charge in [-0.1, -0.05) is 30.3 Å². The van der Waals surface area contributed by atoms with Crippen molar-refractivity contribution < 1.29 is 4.74 Å². The maximum atomic E-state index is 6.06. The highest BCUT2D eigenvalue weighted by Gasteiger charge is 2.19. The molecule has 2 aliphatic rings. The van der Waals surface area contributed by atoms with Crippen molar-refractivity contribution in [1.29, 1.82) is 0 Å². The molecule has 1 aromatic heterocycles. The van der Waals surface area contributed by atoms with Crippen molar-refractivity contribution in [1.82, 2.24) is 14.9 Å². The summed E-state index contributed by atoms with van der Waals surface area (Å²) in [5.41, 5.74) is 1.36. The molecule has 0 bridgehead atoms. The van der Waals surface area contributed by atoms with Crippen LogP contribution < -0.4 is 10.2 Å². The van der Waals surface area contributed by atoms with Gasteiger partial charge in [-0.3, -0.25) is 4.90 Å². The third-order valence-corrected chi connectivity index (χ3v) is 5.28. The fourth-order valence-electron chi connectivity index (χ4n) is 3.86. The average molecular weight is 367 g/mol. The van der Waals surface area contributed by atoms with Gasteiger partial charge < -0.3 is 15.0 Å². The Labute approximate surface area is 161 Å². The Balaban J connectivity index is 1.32. The van der Waals surface area contributed by atoms with E-state index in [1.807, 2.05) is 0 Å². The molecular weight excluding hydrogens is 338 g/mol. The molecule has 1 N–H and O–H groups in total. The van der Waals surface area contributed by atoms with Gasteiger partial charge in [-0.15, -0.1) is 0 Å². The number of rotatable bonds is 6. The third-order valence-electron chi connectivity index (χ3n) is 5.28. The van der Waals surface area contributed by atoms with E-state index in [0.29, 0.717) is 0 Å². The smallest absolute Gasteiger partial charge is 0.134 e. The Morgan fingerprint density at radius 3 is 2.74 bits per heavy atom. The highest BCUT2D eigenvalue weighted by Crippen LogP contribution is 2.19. The number of anilines is 2. The summed E-state index contributed by atoms with van der Waals surface area (Å²) in [6.07, 6.45) is 5.41. The third kappa shape index (κ3) is 5.17. The summed E-state index contributed by atoms with van der Waals surface area (Å²) in [5, 5.41) is 3.46. The fourth-order valence-corrected chi connectivity index (χ4v) is 3.86. The van der Waals surface area contributed by atoms with E-state index >= 15 is 0 Å². The van der Waals surface area contributed by atoms with Gasteiger partial charge in [0.1, 0.15) is 18.0 Å². The predicted octanol–water partition coefficient (Wildman–Crippen LogP) is 2.78. The molecule has 0 saturated carbocycles. The first kappa shape index (κ1) is 18.2. The molecule has 144 valence electrons. The zero-order chi connectivity index (χ0) is 18.3. The minimum absolute atomic E-state index is 0.168. The molecule has 2 aromatic rings. The van der Waals surface area contributed by atoms with Crippen molar-refractivity contribution >= 4 is 11.6 Å². The number of benzene rings is 1. The molecule has 0 amide bonds. The van der Waals surface area contributed by atoms with E-state index in [9.17, 15) is 0 Å². The van der Waals surface area contributed by atoms with E-state index in [1.54, 1.807) is 6.33 Å². The van der Waals surface area contributed by atoms with Crippen LogP contribution in [0.4, 0.5) is 11.6 Å². The lowest BCUT2D eigenvalue weighted by Crippen LogP contribution is -2.35. The van der Waals surface area contributed by atoms with Gasteiger partial charge in [-0.25, -0.2) is 9.97 Å². The van der Waals surface area contributed by atoms with Crippen molar-refractivity contribution in [2.24, 2.45) is 0 Å². The molecule has 6 heteroatoms. The first-order valence-corrected chi connectivity index (χ1v) is 10.1. The van der Waals surface area contributed by atoms with Gasteiger partial charge in [0.05, 0.1) is 6.10 Å². The normalized spacial score (nSPS) is 21.2. The minimum atomic E-state index is 0.168.